The average molecular weight is 1720 g/mol. The van der Waals surface area contributed by atoms with Crippen molar-refractivity contribution in [2.24, 2.45) is 29.2 Å². The predicted molar refractivity (Wildman–Crippen MR) is 445 cm³/mol. The average Bonchev–Trinajstić information content (AvgIpc) is 1.53. The lowest BCUT2D eigenvalue weighted by Gasteiger charge is -2.36. The molecule has 1 aliphatic heterocycles. The largest absolute Gasteiger partial charge is 0.394 e. The molecule has 121 heavy (non-hydrogen) atoms. The Bertz CT molecular complexity index is 3850. The summed E-state index contributed by atoms with van der Waals surface area (Å²) in [6, 6.07) is -11.2. The van der Waals surface area contributed by atoms with E-state index in [0.29, 0.717) is 6.42 Å². The topological polar surface area (TPSA) is 621 Å². The van der Waals surface area contributed by atoms with Crippen LogP contribution in [0.3, 0.4) is 0 Å². The number of nitrogens with zero attached hydrogens (tertiary/aromatic N) is 1. The van der Waals surface area contributed by atoms with Crippen molar-refractivity contribution in [2.45, 2.75) is 356 Å². The summed E-state index contributed by atoms with van der Waals surface area (Å²) in [7, 11) is 0. The molecule has 1 rings (SSSR count). The number of aliphatic hydroxyl groups is 1. The Morgan fingerprint density at radius 3 is 1.08 bits per heavy atom. The van der Waals surface area contributed by atoms with Crippen molar-refractivity contribution in [1.29, 1.82) is 0 Å². The van der Waals surface area contributed by atoms with Gasteiger partial charge >= 0.3 is 0 Å². The van der Waals surface area contributed by atoms with E-state index >= 15 is 0 Å². The maximum Gasteiger partial charge on any atom is 0.248 e. The Kier molecular flexibility index (Phi) is 39.6. The summed E-state index contributed by atoms with van der Waals surface area (Å²) in [5, 5.41) is 53.4. The van der Waals surface area contributed by atoms with Crippen molar-refractivity contribution in [3.63, 3.8) is 0 Å². The molecular formula is C80H140N20O21. The van der Waals surface area contributed by atoms with Gasteiger partial charge in [0, 0.05) is 26.3 Å². The van der Waals surface area contributed by atoms with E-state index in [1.807, 2.05) is 0 Å². The molecule has 1 aliphatic rings. The fourth-order valence-corrected chi connectivity index (χ4v) is 11.9. The maximum absolute atomic E-state index is 14.4. The molecule has 0 aliphatic carbocycles. The zero-order valence-corrected chi connectivity index (χ0v) is 75.9. The first-order chi connectivity index (χ1) is 54.9. The van der Waals surface area contributed by atoms with Crippen LogP contribution < -0.4 is 102 Å². The molecule has 1 saturated heterocycles. The minimum atomic E-state index is -1.91. The molecule has 0 spiro atoms. The van der Waals surface area contributed by atoms with Gasteiger partial charge in [-0.15, -0.1) is 0 Å². The number of rotatable bonds is 47. The molecule has 41 nitrogen and oxygen atoms in total. The zero-order valence-electron chi connectivity index (χ0n) is 75.9. The minimum Gasteiger partial charge on any atom is -0.394 e. The van der Waals surface area contributed by atoms with E-state index in [-0.39, 0.29) is 62.8 Å². The maximum atomic E-state index is 14.4. The summed E-state index contributed by atoms with van der Waals surface area (Å²) in [5.74, 6) is -17.0. The van der Waals surface area contributed by atoms with Crippen molar-refractivity contribution >= 4 is 118 Å². The van der Waals surface area contributed by atoms with Crippen LogP contribution in [0.4, 0.5) is 0 Å². The Labute approximate surface area is 709 Å². The van der Waals surface area contributed by atoms with Crippen molar-refractivity contribution in [3.05, 3.63) is 0 Å². The zero-order chi connectivity index (χ0) is 94.4. The van der Waals surface area contributed by atoms with E-state index in [9.17, 15) is 101 Å². The van der Waals surface area contributed by atoms with Gasteiger partial charge in [0.2, 0.25) is 118 Å². The predicted octanol–water partition coefficient (Wildman–Crippen LogP) is -3.35. The molecule has 686 valence electrons. The number of primary amides is 2. The number of nitrogens with one attached hydrogen (secondary N) is 17. The van der Waals surface area contributed by atoms with Gasteiger partial charge in [0.25, 0.3) is 0 Å². The van der Waals surface area contributed by atoms with Crippen LogP contribution in [-0.2, 0) is 95.9 Å². The van der Waals surface area contributed by atoms with Crippen LogP contribution in [0.25, 0.3) is 0 Å². The van der Waals surface area contributed by atoms with Gasteiger partial charge in [0.1, 0.15) is 98.2 Å². The fraction of sp³-hybridized carbons (Fsp3) is 0.750. The van der Waals surface area contributed by atoms with Gasteiger partial charge in [0.15, 0.2) is 0 Å². The first-order valence-corrected chi connectivity index (χ1v) is 40.7. The highest BCUT2D eigenvalue weighted by Gasteiger charge is 2.48. The highest BCUT2D eigenvalue weighted by atomic mass is 16.3. The summed E-state index contributed by atoms with van der Waals surface area (Å²) in [6.07, 6.45) is -0.777. The van der Waals surface area contributed by atoms with E-state index in [1.165, 1.54) is 150 Å². The summed E-state index contributed by atoms with van der Waals surface area (Å²) in [5.41, 5.74) is -4.90. The molecule has 41 heteroatoms. The smallest absolute Gasteiger partial charge is 0.248 e. The number of likely N-dealkylation sites (tertiary alicyclic amines) is 1. The highest BCUT2D eigenvalue weighted by molar-refractivity contribution is 6.04. The number of nitrogens with two attached hydrogens (primary N) is 2. The molecule has 1 heterocycles. The lowest BCUT2D eigenvalue weighted by molar-refractivity contribution is -0.145. The molecule has 22 N–H and O–H groups in total. The molecule has 20 amide bonds. The molecule has 0 saturated carbocycles. The molecule has 1 fully saturated rings. The van der Waals surface area contributed by atoms with Gasteiger partial charge in [-0.1, -0.05) is 48.5 Å². The Morgan fingerprint density at radius 1 is 0.364 bits per heavy atom. The third-order valence-electron chi connectivity index (χ3n) is 20.3. The summed E-state index contributed by atoms with van der Waals surface area (Å²) >= 11 is 0. The van der Waals surface area contributed by atoms with Gasteiger partial charge in [-0.3, -0.25) is 95.9 Å². The summed E-state index contributed by atoms with van der Waals surface area (Å²) < 4.78 is 0. The lowest BCUT2D eigenvalue weighted by atomic mass is 9.93. The van der Waals surface area contributed by atoms with Gasteiger partial charge < -0.3 is 112 Å². The summed E-state index contributed by atoms with van der Waals surface area (Å²) in [6.45, 7) is 39.7. The van der Waals surface area contributed by atoms with Crippen LogP contribution >= 0.6 is 0 Å². The van der Waals surface area contributed by atoms with Crippen molar-refractivity contribution in [3.8, 4) is 0 Å². The summed E-state index contributed by atoms with van der Waals surface area (Å²) in [4.78, 5) is 272. The molecule has 0 aromatic carbocycles. The number of carbonyl (C=O) groups excluding carboxylic acids is 20. The first-order valence-electron chi connectivity index (χ1n) is 40.7. The van der Waals surface area contributed by atoms with Crippen LogP contribution in [0.15, 0.2) is 0 Å². The Morgan fingerprint density at radius 2 is 0.686 bits per heavy atom. The lowest BCUT2D eigenvalue weighted by Crippen LogP contribution is -2.67. The molecular weight excluding hydrogens is 1580 g/mol. The van der Waals surface area contributed by atoms with E-state index < -0.39 is 242 Å². The van der Waals surface area contributed by atoms with E-state index in [2.05, 4.69) is 90.4 Å². The van der Waals surface area contributed by atoms with Crippen molar-refractivity contribution in [1.82, 2.24) is 95.3 Å². The first kappa shape index (κ1) is 108. The Balaban J connectivity index is 3.17. The van der Waals surface area contributed by atoms with Gasteiger partial charge in [-0.25, -0.2) is 0 Å². The SMILES string of the molecule is CCC(C)(NC(=O)C(C)(C)NC(=O)C(CC(C)C)NC(=O)C1CCCN1C(=O)C(C)(C)NC(=O)C(C)NC(=O)C(C)NC(=O)C(C)(C)NC(=O)C(C)(C)NC(=O)C(C)(C)NC(=O)C(CCC(N)=O)NC(=O)C(C)(C)NC(=O)C(CC(C)C)NC(=O)C(C)(C)NC(=O)C(C)NC(=O)C(C)(C)NC(C)=O)C(=O)NC(CCC(N)=O)C(=O)NC(CO)C(C)C. The van der Waals surface area contributed by atoms with Gasteiger partial charge in [-0.05, 0) is 201 Å². The minimum absolute atomic E-state index is 0.0152. The number of hydrogen-bond donors (Lipinski definition) is 20. The molecule has 10 unspecified atom stereocenters. The van der Waals surface area contributed by atoms with E-state index in [0.717, 1.165) is 0 Å². The fourth-order valence-electron chi connectivity index (χ4n) is 11.9. The van der Waals surface area contributed by atoms with Crippen LogP contribution in [0, 0.1) is 17.8 Å². The number of amides is 20. The second-order valence-electron chi connectivity index (χ2n) is 36.9. The highest BCUT2D eigenvalue weighted by Crippen LogP contribution is 2.25. The molecule has 10 atom stereocenters. The number of hydrogen-bond acceptors (Lipinski definition) is 21. The standard InChI is InChI=1S/C80H140N20O21/c1-29-80(28,70(120)89-47(32-34-53(81)103)58(108)87-51(39-101)42(6)7)99-69(119)77(22,23)96-60(110)49(37-40(2)3)86-62(112)52-31-30-36-100(52)71(121)79(26,27)93-56(106)44(9)83-55(105)43(8)84-64(114)75(18,19)97-68(118)78(24,25)98-67(117)76(20,21)94-59(109)48(33-35-54(82)104)88-65(115)74(16,17)95-61(111)50(38-41(4)5)90-66(116)73(14,15)92-57(107)45(10)85-63(113)72(12,13)91-46(11)102/h40-45,47-52,101H,29-39H2,1-28H3,(H2,81,103)(H2,82,104)(H,83,105)(H,84,114)(H,85,113)(H,86,112)(H,87,108)(H,88,115)(H,89,120)(H,90,116)(H,91,102)(H,92,107)(H,93,106)(H,94,109)(H,95,111)(H,96,110)(H,97,118)(H,98,117)(H,99,119). The quantitative estimate of drug-likeness (QED) is 0.0283. The second-order valence-corrected chi connectivity index (χ2v) is 36.9. The van der Waals surface area contributed by atoms with Gasteiger partial charge in [0.05, 0.1) is 12.6 Å². The molecule has 0 radical (unpaired) electrons. The third kappa shape index (κ3) is 33.7. The molecule has 0 bridgehead atoms. The Hall–Kier alpha value is -10.6. The second kappa shape index (κ2) is 44.2. The molecule has 0 aromatic heterocycles. The third-order valence-corrected chi connectivity index (χ3v) is 20.3. The monoisotopic (exact) mass is 1720 g/mol. The van der Waals surface area contributed by atoms with E-state index in [4.69, 9.17) is 11.5 Å². The van der Waals surface area contributed by atoms with Crippen LogP contribution in [-0.4, -0.2) is 246 Å². The van der Waals surface area contributed by atoms with Crippen LogP contribution in [0.1, 0.15) is 252 Å². The number of aliphatic hydroxyl groups excluding tert-OH is 1. The van der Waals surface area contributed by atoms with E-state index in [1.54, 1.807) is 48.5 Å². The van der Waals surface area contributed by atoms with Crippen LogP contribution in [0.2, 0.25) is 0 Å². The normalized spacial score (nSPS) is 16.0. The van der Waals surface area contributed by atoms with Crippen molar-refractivity contribution < 1.29 is 101 Å². The molecule has 0 aromatic rings. The number of carbonyl (C=O) groups is 20. The van der Waals surface area contributed by atoms with Gasteiger partial charge in [-0.2, -0.15) is 0 Å². The van der Waals surface area contributed by atoms with Crippen LogP contribution in [0.5, 0.6) is 0 Å². The van der Waals surface area contributed by atoms with Crippen molar-refractivity contribution in [2.75, 3.05) is 13.2 Å².